The summed E-state index contributed by atoms with van der Waals surface area (Å²) < 4.78 is 0. The minimum absolute atomic E-state index is 0.0642. The Labute approximate surface area is 213 Å². The first-order valence-electron chi connectivity index (χ1n) is 11.8. The van der Waals surface area contributed by atoms with Crippen molar-refractivity contribution in [3.63, 3.8) is 0 Å². The van der Waals surface area contributed by atoms with Crippen molar-refractivity contribution < 1.29 is 34.2 Å². The maximum Gasteiger partial charge on any atom is 0.326 e. The third-order valence-electron chi connectivity index (χ3n) is 5.63. The number of aliphatic hydroxyl groups is 1. The number of benzene rings is 1. The summed E-state index contributed by atoms with van der Waals surface area (Å²) >= 11 is 0. The zero-order valence-corrected chi connectivity index (χ0v) is 20.7. The fourth-order valence-electron chi connectivity index (χ4n) is 3.76. The number of primary amides is 1. The highest BCUT2D eigenvalue weighted by Crippen LogP contribution is 2.19. The summed E-state index contributed by atoms with van der Waals surface area (Å²) in [5, 5.41) is 27.0. The van der Waals surface area contributed by atoms with Gasteiger partial charge in [0.15, 0.2) is 0 Å². The summed E-state index contributed by atoms with van der Waals surface area (Å²) in [6.45, 7) is 2.84. The molecular formula is C24H34N6O7. The van der Waals surface area contributed by atoms with E-state index in [1.807, 2.05) is 26.0 Å². The molecule has 4 amide bonds. The summed E-state index contributed by atoms with van der Waals surface area (Å²) in [5.74, 6) is -4.75. The molecule has 0 aliphatic heterocycles. The van der Waals surface area contributed by atoms with Crippen molar-refractivity contribution >= 4 is 40.5 Å². The van der Waals surface area contributed by atoms with Gasteiger partial charge in [0.1, 0.15) is 18.1 Å². The number of hydrogen-bond acceptors (Lipinski definition) is 7. The van der Waals surface area contributed by atoms with Crippen LogP contribution >= 0.6 is 0 Å². The summed E-state index contributed by atoms with van der Waals surface area (Å²) in [7, 11) is 0. The third kappa shape index (κ3) is 8.58. The van der Waals surface area contributed by atoms with E-state index in [4.69, 9.17) is 11.5 Å². The van der Waals surface area contributed by atoms with Gasteiger partial charge in [-0.2, -0.15) is 0 Å². The van der Waals surface area contributed by atoms with Crippen LogP contribution in [0.4, 0.5) is 0 Å². The first-order chi connectivity index (χ1) is 17.4. The predicted molar refractivity (Wildman–Crippen MR) is 134 cm³/mol. The van der Waals surface area contributed by atoms with Gasteiger partial charge in [0, 0.05) is 23.5 Å². The van der Waals surface area contributed by atoms with Gasteiger partial charge in [0.2, 0.25) is 23.6 Å². The molecule has 2 aromatic rings. The van der Waals surface area contributed by atoms with Crippen molar-refractivity contribution in [2.24, 2.45) is 17.4 Å². The van der Waals surface area contributed by atoms with Crippen molar-refractivity contribution in [2.75, 3.05) is 6.61 Å². The second kappa shape index (κ2) is 13.4. The van der Waals surface area contributed by atoms with E-state index in [1.165, 1.54) is 0 Å². The molecule has 2 rings (SSSR count). The van der Waals surface area contributed by atoms with E-state index in [0.29, 0.717) is 12.0 Å². The molecule has 10 N–H and O–H groups in total. The van der Waals surface area contributed by atoms with Crippen molar-refractivity contribution in [3.8, 4) is 0 Å². The molecule has 0 saturated carbocycles. The molecule has 0 aliphatic carbocycles. The van der Waals surface area contributed by atoms with Crippen molar-refractivity contribution in [3.05, 3.63) is 36.0 Å². The average molecular weight is 519 g/mol. The molecule has 0 bridgehead atoms. The maximum absolute atomic E-state index is 12.8. The van der Waals surface area contributed by atoms with Gasteiger partial charge in [-0.25, -0.2) is 4.79 Å². The van der Waals surface area contributed by atoms with Gasteiger partial charge in [0.25, 0.3) is 0 Å². The molecule has 13 heteroatoms. The molecule has 202 valence electrons. The van der Waals surface area contributed by atoms with E-state index in [-0.39, 0.29) is 12.3 Å². The van der Waals surface area contributed by atoms with Crippen LogP contribution < -0.4 is 27.4 Å². The lowest BCUT2D eigenvalue weighted by atomic mass is 10.0. The molecular weight excluding hydrogens is 484 g/mol. The SMILES string of the molecule is CC(C)CC(N)C(=O)NC(CC(N)=O)C(=O)NC(CO)C(=O)NC(Cc1c[nH]c2ccccc12)C(=O)O. The Morgan fingerprint density at radius 1 is 0.946 bits per heavy atom. The van der Waals surface area contributed by atoms with E-state index < -0.39 is 66.8 Å². The number of para-hydroxylation sites is 1. The van der Waals surface area contributed by atoms with Crippen molar-refractivity contribution in [1.29, 1.82) is 0 Å². The molecule has 1 heterocycles. The fraction of sp³-hybridized carbons (Fsp3) is 0.458. The Bertz CT molecular complexity index is 1130. The van der Waals surface area contributed by atoms with Crippen LogP contribution in [0.3, 0.4) is 0 Å². The number of aromatic amines is 1. The highest BCUT2D eigenvalue weighted by atomic mass is 16.4. The van der Waals surface area contributed by atoms with Crippen LogP contribution in [0.25, 0.3) is 10.9 Å². The van der Waals surface area contributed by atoms with Gasteiger partial charge in [-0.15, -0.1) is 0 Å². The van der Waals surface area contributed by atoms with E-state index in [9.17, 15) is 34.2 Å². The fourth-order valence-corrected chi connectivity index (χ4v) is 3.76. The van der Waals surface area contributed by atoms with Crippen LogP contribution in [-0.4, -0.2) is 75.6 Å². The van der Waals surface area contributed by atoms with E-state index in [0.717, 1.165) is 10.9 Å². The smallest absolute Gasteiger partial charge is 0.326 e. The molecule has 37 heavy (non-hydrogen) atoms. The zero-order chi connectivity index (χ0) is 27.7. The Morgan fingerprint density at radius 3 is 2.14 bits per heavy atom. The van der Waals surface area contributed by atoms with Crippen LogP contribution in [0.2, 0.25) is 0 Å². The van der Waals surface area contributed by atoms with E-state index in [1.54, 1.807) is 18.3 Å². The number of fused-ring (bicyclic) bond motifs is 1. The number of hydrogen-bond donors (Lipinski definition) is 8. The van der Waals surface area contributed by atoms with E-state index >= 15 is 0 Å². The molecule has 0 aliphatic rings. The summed E-state index contributed by atoms with van der Waals surface area (Å²) in [5.41, 5.74) is 12.5. The Kier molecular flexibility index (Phi) is 10.6. The molecule has 0 radical (unpaired) electrons. The lowest BCUT2D eigenvalue weighted by molar-refractivity contribution is -0.142. The molecule has 13 nitrogen and oxygen atoms in total. The molecule has 1 aromatic heterocycles. The van der Waals surface area contributed by atoms with Gasteiger partial charge in [-0.1, -0.05) is 32.0 Å². The van der Waals surface area contributed by atoms with E-state index in [2.05, 4.69) is 20.9 Å². The number of amides is 4. The zero-order valence-electron chi connectivity index (χ0n) is 20.7. The van der Waals surface area contributed by atoms with Gasteiger partial charge in [0.05, 0.1) is 19.1 Å². The minimum Gasteiger partial charge on any atom is -0.480 e. The van der Waals surface area contributed by atoms with Gasteiger partial charge < -0.3 is 42.6 Å². The highest BCUT2D eigenvalue weighted by Gasteiger charge is 2.31. The lowest BCUT2D eigenvalue weighted by Crippen LogP contribution is -2.58. The normalized spacial score (nSPS) is 14.4. The number of aromatic nitrogens is 1. The predicted octanol–water partition coefficient (Wildman–Crippen LogP) is -1.51. The van der Waals surface area contributed by atoms with Crippen LogP contribution in [0.5, 0.6) is 0 Å². The quantitative estimate of drug-likeness (QED) is 0.146. The monoisotopic (exact) mass is 518 g/mol. The maximum atomic E-state index is 12.8. The topological polar surface area (TPSA) is 230 Å². The standard InChI is InChI=1S/C24H34N6O7/c1-12(2)7-15(25)21(33)28-17(9-20(26)32)22(34)30-19(11-31)23(35)29-18(24(36)37)8-13-10-27-16-6-4-3-5-14(13)16/h3-6,10,12,15,17-19,27,31H,7-9,11,25H2,1-2H3,(H2,26,32)(H,28,33)(H,29,35)(H,30,34)(H,36,37). The lowest BCUT2D eigenvalue weighted by Gasteiger charge is -2.24. The second-order valence-electron chi connectivity index (χ2n) is 9.17. The number of rotatable bonds is 14. The Balaban J connectivity index is 2.09. The average Bonchev–Trinajstić information content (AvgIpc) is 3.23. The number of nitrogens with two attached hydrogens (primary N) is 2. The highest BCUT2D eigenvalue weighted by molar-refractivity contribution is 5.96. The number of aliphatic carboxylic acids is 1. The first-order valence-corrected chi connectivity index (χ1v) is 11.8. The number of aliphatic hydroxyl groups excluding tert-OH is 1. The molecule has 0 saturated heterocycles. The van der Waals surface area contributed by atoms with Gasteiger partial charge >= 0.3 is 5.97 Å². The summed E-state index contributed by atoms with van der Waals surface area (Å²) in [6, 6.07) is 1.91. The van der Waals surface area contributed by atoms with Crippen LogP contribution in [0, 0.1) is 5.92 Å². The number of carbonyl (C=O) groups is 5. The number of nitrogens with one attached hydrogen (secondary N) is 4. The summed E-state index contributed by atoms with van der Waals surface area (Å²) in [6.07, 6.45) is 1.32. The van der Waals surface area contributed by atoms with Crippen molar-refractivity contribution in [2.45, 2.75) is 57.3 Å². The van der Waals surface area contributed by atoms with Gasteiger partial charge in [-0.05, 0) is 24.0 Å². The molecule has 1 aromatic carbocycles. The number of carbonyl (C=O) groups excluding carboxylic acids is 4. The molecule has 4 unspecified atom stereocenters. The van der Waals surface area contributed by atoms with Crippen LogP contribution in [0.15, 0.2) is 30.5 Å². The summed E-state index contributed by atoms with van der Waals surface area (Å²) in [4.78, 5) is 64.2. The van der Waals surface area contributed by atoms with Crippen LogP contribution in [-0.2, 0) is 30.4 Å². The number of H-pyrrole nitrogens is 1. The van der Waals surface area contributed by atoms with Crippen LogP contribution in [0.1, 0.15) is 32.3 Å². The minimum atomic E-state index is -1.56. The molecule has 0 fully saturated rings. The number of carboxylic acid groups (broad SMARTS) is 1. The first kappa shape index (κ1) is 29.3. The number of carboxylic acids is 1. The van der Waals surface area contributed by atoms with Crippen molar-refractivity contribution in [1.82, 2.24) is 20.9 Å². The third-order valence-corrected chi connectivity index (χ3v) is 5.63. The second-order valence-corrected chi connectivity index (χ2v) is 9.17. The Morgan fingerprint density at radius 2 is 1.54 bits per heavy atom. The molecule has 0 spiro atoms. The Hall–Kier alpha value is -3.97. The largest absolute Gasteiger partial charge is 0.480 e. The van der Waals surface area contributed by atoms with Gasteiger partial charge in [-0.3, -0.25) is 19.2 Å². The molecule has 4 atom stereocenters.